The Morgan fingerprint density at radius 3 is 2.86 bits per heavy atom. The van der Waals surface area contributed by atoms with Crippen LogP contribution in [-0.2, 0) is 11.2 Å². The number of carbonyl (C=O) groups excluding carboxylic acids is 1. The van der Waals surface area contributed by atoms with Gasteiger partial charge in [-0.2, -0.15) is 0 Å². The first kappa shape index (κ1) is 11.4. The van der Waals surface area contributed by atoms with Crippen molar-refractivity contribution in [2.24, 2.45) is 0 Å². The third-order valence-corrected chi connectivity index (χ3v) is 2.61. The van der Waals surface area contributed by atoms with Crippen LogP contribution in [0.5, 0.6) is 0 Å². The molecule has 0 spiro atoms. The Bertz CT molecular complexity index is 317. The highest BCUT2D eigenvalue weighted by molar-refractivity contribution is 8.17. The van der Waals surface area contributed by atoms with Crippen LogP contribution in [0.1, 0.15) is 12.0 Å². The van der Waals surface area contributed by atoms with Crippen LogP contribution in [0.4, 0.5) is 5.69 Å². The van der Waals surface area contributed by atoms with Crippen LogP contribution in [0, 0.1) is 0 Å². The van der Waals surface area contributed by atoms with Gasteiger partial charge in [0, 0.05) is 24.1 Å². The molecule has 0 bridgehead atoms. The molecule has 3 N–H and O–H groups in total. The molecule has 0 heterocycles. The predicted molar refractivity (Wildman–Crippen MR) is 63.9 cm³/mol. The van der Waals surface area contributed by atoms with Gasteiger partial charge in [0.15, 0.2) is 0 Å². The summed E-state index contributed by atoms with van der Waals surface area (Å²) in [6, 6.07) is 7.57. The molecule has 0 unspecified atom stereocenters. The molecule has 0 aliphatic carbocycles. The molecular formula is C9H12N2OS2. The molecule has 14 heavy (non-hydrogen) atoms. The minimum absolute atomic E-state index is 0.0586. The molecule has 1 aromatic carbocycles. The number of thiol groups is 1. The molecule has 1 rings (SSSR count). The molecule has 0 radical (unpaired) electrons. The van der Waals surface area contributed by atoms with E-state index in [0.29, 0.717) is 12.8 Å². The van der Waals surface area contributed by atoms with E-state index in [-0.39, 0.29) is 5.12 Å². The van der Waals surface area contributed by atoms with Crippen molar-refractivity contribution in [2.45, 2.75) is 12.8 Å². The molecule has 0 fully saturated rings. The second kappa shape index (κ2) is 5.95. The summed E-state index contributed by atoms with van der Waals surface area (Å²) in [7, 11) is 0. The zero-order chi connectivity index (χ0) is 10.4. The van der Waals surface area contributed by atoms with Crippen molar-refractivity contribution >= 4 is 35.6 Å². The van der Waals surface area contributed by atoms with Crippen molar-refractivity contribution in [3.05, 3.63) is 29.8 Å². The van der Waals surface area contributed by atoms with E-state index in [1.54, 1.807) is 0 Å². The number of hydrogen-bond donors (Lipinski definition) is 3. The maximum Gasteiger partial charge on any atom is 0.204 e. The van der Waals surface area contributed by atoms with E-state index in [1.165, 1.54) is 0 Å². The van der Waals surface area contributed by atoms with E-state index in [9.17, 15) is 4.79 Å². The van der Waals surface area contributed by atoms with Crippen LogP contribution < -0.4 is 9.86 Å². The zero-order valence-electron chi connectivity index (χ0n) is 7.56. The van der Waals surface area contributed by atoms with E-state index in [2.05, 4.69) is 16.9 Å². The smallest absolute Gasteiger partial charge is 0.204 e. The van der Waals surface area contributed by atoms with Crippen molar-refractivity contribution in [3.8, 4) is 0 Å². The van der Waals surface area contributed by atoms with E-state index < -0.39 is 0 Å². The first-order chi connectivity index (χ1) is 6.74. The number of nitrogens with two attached hydrogens (primary N) is 1. The summed E-state index contributed by atoms with van der Waals surface area (Å²) < 4.78 is 2.45. The van der Waals surface area contributed by atoms with Crippen molar-refractivity contribution in [1.29, 1.82) is 0 Å². The molecule has 0 aromatic heterocycles. The van der Waals surface area contributed by atoms with Crippen molar-refractivity contribution in [1.82, 2.24) is 4.13 Å². The first-order valence-corrected chi connectivity index (χ1v) is 5.42. The average molecular weight is 228 g/mol. The number of carbonyl (C=O) groups is 1. The normalized spacial score (nSPS) is 10.1. The Balaban J connectivity index is 2.46. The molecule has 0 aliphatic heterocycles. The molecule has 3 nitrogen and oxygen atoms in total. The standard InChI is InChI=1S/C9H12N2OS2/c10-8-4-2-1-3-7(8)5-6-9(12)14-11-13/h1-4,11,13H,5-6,10H2. The largest absolute Gasteiger partial charge is 0.399 e. The van der Waals surface area contributed by atoms with Gasteiger partial charge in [-0.3, -0.25) is 4.79 Å². The zero-order valence-corrected chi connectivity index (χ0v) is 9.28. The summed E-state index contributed by atoms with van der Waals surface area (Å²) in [4.78, 5) is 11.1. The van der Waals surface area contributed by atoms with Crippen LogP contribution in [0.25, 0.3) is 0 Å². The number of hydrogen-bond acceptors (Lipinski definition) is 5. The topological polar surface area (TPSA) is 55.1 Å². The molecule has 76 valence electrons. The summed E-state index contributed by atoms with van der Waals surface area (Å²) in [5.74, 6) is 0. The van der Waals surface area contributed by atoms with Gasteiger partial charge in [0.1, 0.15) is 0 Å². The summed E-state index contributed by atoms with van der Waals surface area (Å²) in [5.41, 5.74) is 7.49. The monoisotopic (exact) mass is 228 g/mol. The fraction of sp³-hybridized carbons (Fsp3) is 0.222. The summed E-state index contributed by atoms with van der Waals surface area (Å²) in [6.45, 7) is 0. The number of aryl methyl sites for hydroxylation is 1. The minimum Gasteiger partial charge on any atom is -0.399 e. The highest BCUT2D eigenvalue weighted by Gasteiger charge is 2.04. The predicted octanol–water partition coefficient (Wildman–Crippen LogP) is 1.81. The quantitative estimate of drug-likeness (QED) is 0.418. The first-order valence-electron chi connectivity index (χ1n) is 4.16. The van der Waals surface area contributed by atoms with E-state index in [4.69, 9.17) is 5.73 Å². The van der Waals surface area contributed by atoms with E-state index >= 15 is 0 Å². The molecule has 0 saturated heterocycles. The van der Waals surface area contributed by atoms with Gasteiger partial charge in [0.25, 0.3) is 0 Å². The third-order valence-electron chi connectivity index (χ3n) is 1.81. The number of nitrogens with one attached hydrogen (secondary N) is 1. The van der Waals surface area contributed by atoms with Gasteiger partial charge in [-0.15, -0.1) is 0 Å². The summed E-state index contributed by atoms with van der Waals surface area (Å²) in [5, 5.41) is 0.0586. The minimum atomic E-state index is 0.0586. The van der Waals surface area contributed by atoms with Crippen molar-refractivity contribution in [3.63, 3.8) is 0 Å². The van der Waals surface area contributed by atoms with E-state index in [0.717, 1.165) is 23.2 Å². The van der Waals surface area contributed by atoms with Gasteiger partial charge in [-0.1, -0.05) is 31.0 Å². The van der Waals surface area contributed by atoms with Gasteiger partial charge >= 0.3 is 0 Å². The van der Waals surface area contributed by atoms with Crippen LogP contribution >= 0.6 is 24.8 Å². The average Bonchev–Trinajstić information content (AvgIpc) is 2.17. The molecule has 0 amide bonds. The third kappa shape index (κ3) is 3.61. The van der Waals surface area contributed by atoms with Gasteiger partial charge in [0.2, 0.25) is 5.12 Å². The lowest BCUT2D eigenvalue weighted by Crippen LogP contribution is -2.01. The Kier molecular flexibility index (Phi) is 4.86. The Labute approximate surface area is 93.1 Å². The van der Waals surface area contributed by atoms with Gasteiger partial charge < -0.3 is 5.73 Å². The number of rotatable bonds is 4. The lowest BCUT2D eigenvalue weighted by molar-refractivity contribution is -0.110. The van der Waals surface area contributed by atoms with Gasteiger partial charge in [-0.25, -0.2) is 4.13 Å². The second-order valence-corrected chi connectivity index (χ2v) is 4.15. The fourth-order valence-electron chi connectivity index (χ4n) is 1.10. The fourth-order valence-corrected chi connectivity index (χ4v) is 1.71. The molecular weight excluding hydrogens is 216 g/mol. The lowest BCUT2D eigenvalue weighted by Gasteiger charge is -2.03. The van der Waals surface area contributed by atoms with E-state index in [1.807, 2.05) is 24.3 Å². The second-order valence-electron chi connectivity index (χ2n) is 2.76. The Morgan fingerprint density at radius 1 is 1.50 bits per heavy atom. The number of para-hydroxylation sites is 1. The number of benzene rings is 1. The van der Waals surface area contributed by atoms with Gasteiger partial charge in [-0.05, 0) is 18.1 Å². The lowest BCUT2D eigenvalue weighted by atomic mass is 10.1. The molecule has 0 atom stereocenters. The van der Waals surface area contributed by atoms with Crippen molar-refractivity contribution < 1.29 is 4.79 Å². The highest BCUT2D eigenvalue weighted by atomic mass is 32.2. The molecule has 0 saturated carbocycles. The maximum absolute atomic E-state index is 11.1. The van der Waals surface area contributed by atoms with Crippen LogP contribution in [0.15, 0.2) is 24.3 Å². The molecule has 1 aromatic rings. The van der Waals surface area contributed by atoms with Crippen LogP contribution in [-0.4, -0.2) is 5.12 Å². The molecule has 5 heteroatoms. The van der Waals surface area contributed by atoms with Crippen LogP contribution in [0.2, 0.25) is 0 Å². The molecule has 0 aliphatic rings. The summed E-state index contributed by atoms with van der Waals surface area (Å²) in [6.07, 6.45) is 1.14. The highest BCUT2D eigenvalue weighted by Crippen LogP contribution is 2.14. The van der Waals surface area contributed by atoms with Crippen LogP contribution in [0.3, 0.4) is 0 Å². The maximum atomic E-state index is 11.1. The Morgan fingerprint density at radius 2 is 2.21 bits per heavy atom. The number of nitrogen functional groups attached to an aromatic ring is 1. The number of anilines is 1. The van der Waals surface area contributed by atoms with Crippen molar-refractivity contribution in [2.75, 3.05) is 5.73 Å². The summed E-state index contributed by atoms with van der Waals surface area (Å²) >= 11 is 4.72. The van der Waals surface area contributed by atoms with Gasteiger partial charge in [0.05, 0.1) is 0 Å². The SMILES string of the molecule is Nc1ccccc1CCC(=O)SNS. The Hall–Kier alpha value is -0.650.